The lowest BCUT2D eigenvalue weighted by molar-refractivity contribution is -0.946. The molecule has 0 amide bonds. The lowest BCUT2D eigenvalue weighted by Crippen LogP contribution is -2.65. The van der Waals surface area contributed by atoms with Crippen LogP contribution in [0, 0.1) is 5.92 Å². The largest absolute Gasteiger partial charge is 0.493 e. The van der Waals surface area contributed by atoms with Gasteiger partial charge in [0.1, 0.15) is 12.3 Å². The van der Waals surface area contributed by atoms with Crippen molar-refractivity contribution in [3.05, 3.63) is 74.6 Å². The summed E-state index contributed by atoms with van der Waals surface area (Å²) in [6, 6.07) is 14.9. The second-order valence-corrected chi connectivity index (χ2v) is 11.5. The predicted molar refractivity (Wildman–Crippen MR) is 136 cm³/mol. The Balaban J connectivity index is 1.22. The van der Waals surface area contributed by atoms with E-state index >= 15 is 0 Å². The minimum absolute atomic E-state index is 0.00652. The number of piperidine rings is 3. The molecule has 186 valence electrons. The molecule has 6 nitrogen and oxygen atoms in total. The highest BCUT2D eigenvalue weighted by molar-refractivity contribution is 7.12. The van der Waals surface area contributed by atoms with E-state index in [1.54, 1.807) is 12.1 Å². The number of benzene rings is 1. The van der Waals surface area contributed by atoms with Crippen molar-refractivity contribution in [2.75, 3.05) is 32.8 Å². The van der Waals surface area contributed by atoms with Gasteiger partial charge in [0.2, 0.25) is 5.60 Å². The third-order valence-corrected chi connectivity index (χ3v) is 9.43. The minimum atomic E-state index is -1.75. The average molecular weight is 515 g/mol. The molecular formula is C27H32NO5S2+. The number of carbonyl (C=O) groups is 1. The molecule has 3 aromatic rings. The van der Waals surface area contributed by atoms with Crippen molar-refractivity contribution in [3.8, 4) is 5.75 Å². The van der Waals surface area contributed by atoms with E-state index in [1.807, 2.05) is 47.2 Å². The summed E-state index contributed by atoms with van der Waals surface area (Å²) in [5.74, 6) is 0.570. The van der Waals surface area contributed by atoms with Gasteiger partial charge in [-0.25, -0.2) is 4.79 Å². The van der Waals surface area contributed by atoms with Gasteiger partial charge < -0.3 is 24.2 Å². The van der Waals surface area contributed by atoms with Crippen LogP contribution in [0.15, 0.2) is 59.3 Å². The number of aliphatic hydroxyl groups is 2. The fraction of sp³-hybridized carbons (Fsp3) is 0.444. The Kier molecular flexibility index (Phi) is 7.27. The molecule has 3 aliphatic rings. The van der Waals surface area contributed by atoms with Gasteiger partial charge in [0.25, 0.3) is 0 Å². The van der Waals surface area contributed by atoms with Gasteiger partial charge >= 0.3 is 5.97 Å². The molecule has 6 rings (SSSR count). The van der Waals surface area contributed by atoms with Crippen LogP contribution in [0.25, 0.3) is 0 Å². The van der Waals surface area contributed by atoms with Crippen molar-refractivity contribution in [1.82, 2.24) is 0 Å². The van der Waals surface area contributed by atoms with Crippen LogP contribution >= 0.6 is 22.7 Å². The zero-order valence-electron chi connectivity index (χ0n) is 19.7. The second-order valence-electron chi connectivity index (χ2n) is 9.65. The molecule has 35 heavy (non-hydrogen) atoms. The smallest absolute Gasteiger partial charge is 0.349 e. The number of quaternary nitrogens is 1. The van der Waals surface area contributed by atoms with E-state index in [2.05, 4.69) is 0 Å². The molecule has 8 heteroatoms. The van der Waals surface area contributed by atoms with E-state index in [0.717, 1.165) is 61.2 Å². The van der Waals surface area contributed by atoms with Gasteiger partial charge in [0.05, 0.1) is 42.6 Å². The van der Waals surface area contributed by atoms with E-state index in [9.17, 15) is 15.0 Å². The Morgan fingerprint density at radius 3 is 2.40 bits per heavy atom. The summed E-state index contributed by atoms with van der Waals surface area (Å²) in [6.07, 6.45) is 2.79. The number of hydrogen-bond donors (Lipinski definition) is 2. The van der Waals surface area contributed by atoms with Crippen molar-refractivity contribution in [2.45, 2.75) is 37.6 Å². The standard InChI is InChI=1S/C27H32NO5S2/c29-19-20-5-1-6-22(17-20)32-14-4-11-28-12-9-21(10-13-28)23(18-28)33-26(30)27(31,24-7-2-15-34-24)25-8-3-16-35-25/h1-3,5-8,15-17,21,23,29,31H,4,9-14,18-19H2/q+1/t21?,23-,28?/m0/s1. The van der Waals surface area contributed by atoms with Crippen molar-refractivity contribution in [1.29, 1.82) is 0 Å². The molecule has 5 heterocycles. The molecule has 0 spiro atoms. The third-order valence-electron chi connectivity index (χ3n) is 7.48. The fourth-order valence-electron chi connectivity index (χ4n) is 5.51. The molecule has 1 atom stereocenters. The normalized spacial score (nSPS) is 23.8. The number of fused-ring (bicyclic) bond motifs is 3. The summed E-state index contributed by atoms with van der Waals surface area (Å²) in [5, 5.41) is 24.6. The Labute approximate surface area is 214 Å². The minimum Gasteiger partial charge on any atom is -0.493 e. The van der Waals surface area contributed by atoms with Gasteiger partial charge in [-0.3, -0.25) is 0 Å². The molecule has 0 radical (unpaired) electrons. The lowest BCUT2D eigenvalue weighted by Gasteiger charge is -2.52. The molecular weight excluding hydrogens is 482 g/mol. The van der Waals surface area contributed by atoms with Crippen molar-refractivity contribution >= 4 is 28.6 Å². The molecule has 3 aliphatic heterocycles. The summed E-state index contributed by atoms with van der Waals surface area (Å²) in [6.45, 7) is 4.57. The Bertz CT molecular complexity index is 1070. The van der Waals surface area contributed by atoms with Gasteiger partial charge in [-0.2, -0.15) is 0 Å². The first-order valence-electron chi connectivity index (χ1n) is 12.2. The van der Waals surface area contributed by atoms with Crippen molar-refractivity contribution in [3.63, 3.8) is 0 Å². The molecule has 0 saturated carbocycles. The highest BCUT2D eigenvalue weighted by Gasteiger charge is 2.51. The van der Waals surface area contributed by atoms with Crippen molar-refractivity contribution < 1.29 is 29.0 Å². The SMILES string of the molecule is O=C(O[C@H]1C[N+]2(CCCOc3cccc(CO)c3)CCC1CC2)C(O)(c1cccs1)c1cccs1. The summed E-state index contributed by atoms with van der Waals surface area (Å²) in [5.41, 5.74) is -0.909. The first-order chi connectivity index (χ1) is 17.0. The van der Waals surface area contributed by atoms with Crippen LogP contribution in [-0.2, 0) is 21.7 Å². The number of hydrogen-bond acceptors (Lipinski definition) is 7. The van der Waals surface area contributed by atoms with E-state index in [4.69, 9.17) is 9.47 Å². The maximum Gasteiger partial charge on any atom is 0.349 e. The van der Waals surface area contributed by atoms with E-state index in [1.165, 1.54) is 22.7 Å². The molecule has 0 aliphatic carbocycles. The Hall–Kier alpha value is -2.23. The summed E-state index contributed by atoms with van der Waals surface area (Å²) in [4.78, 5) is 14.7. The molecule has 2 aromatic heterocycles. The molecule has 3 fully saturated rings. The van der Waals surface area contributed by atoms with Gasteiger partial charge in [-0.1, -0.05) is 24.3 Å². The molecule has 1 aromatic carbocycles. The predicted octanol–water partition coefficient (Wildman–Crippen LogP) is 4.16. The Morgan fingerprint density at radius 1 is 1.06 bits per heavy atom. The quantitative estimate of drug-likeness (QED) is 0.241. The molecule has 3 saturated heterocycles. The number of esters is 1. The molecule has 0 unspecified atom stereocenters. The van der Waals surface area contributed by atoms with E-state index in [0.29, 0.717) is 22.3 Å². The van der Waals surface area contributed by atoms with Gasteiger partial charge in [0, 0.05) is 25.2 Å². The van der Waals surface area contributed by atoms with Crippen LogP contribution in [0.4, 0.5) is 0 Å². The summed E-state index contributed by atoms with van der Waals surface area (Å²) >= 11 is 2.74. The van der Waals surface area contributed by atoms with Crippen LogP contribution in [0.5, 0.6) is 5.75 Å². The average Bonchev–Trinajstić information content (AvgIpc) is 3.62. The number of thiophene rings is 2. The fourth-order valence-corrected chi connectivity index (χ4v) is 7.22. The summed E-state index contributed by atoms with van der Waals surface area (Å²) < 4.78 is 13.0. The van der Waals surface area contributed by atoms with E-state index in [-0.39, 0.29) is 12.7 Å². The third kappa shape index (κ3) is 5.04. The maximum absolute atomic E-state index is 13.5. The highest BCUT2D eigenvalue weighted by atomic mass is 32.1. The highest BCUT2D eigenvalue weighted by Crippen LogP contribution is 2.40. The number of aliphatic hydroxyl groups excluding tert-OH is 1. The second kappa shape index (κ2) is 10.4. The lowest BCUT2D eigenvalue weighted by atomic mass is 9.83. The first kappa shape index (κ1) is 24.5. The first-order valence-corrected chi connectivity index (χ1v) is 14.0. The van der Waals surface area contributed by atoms with Gasteiger partial charge in [-0.05, 0) is 40.6 Å². The number of carbonyl (C=O) groups excluding carboxylic acids is 1. The van der Waals surface area contributed by atoms with Crippen LogP contribution in [0.2, 0.25) is 0 Å². The van der Waals surface area contributed by atoms with E-state index < -0.39 is 11.6 Å². The molecule has 2 bridgehead atoms. The number of ether oxygens (including phenoxy) is 2. The van der Waals surface area contributed by atoms with Gasteiger partial charge in [-0.15, -0.1) is 22.7 Å². The van der Waals surface area contributed by atoms with Crippen LogP contribution in [0.3, 0.4) is 0 Å². The van der Waals surface area contributed by atoms with Gasteiger partial charge in [0.15, 0.2) is 6.10 Å². The van der Waals surface area contributed by atoms with Crippen LogP contribution < -0.4 is 4.74 Å². The zero-order valence-corrected chi connectivity index (χ0v) is 21.3. The van der Waals surface area contributed by atoms with Crippen molar-refractivity contribution in [2.24, 2.45) is 5.92 Å². The molecule has 2 N–H and O–H groups in total. The number of nitrogens with zero attached hydrogens (tertiary/aromatic N) is 1. The van der Waals surface area contributed by atoms with Crippen LogP contribution in [-0.4, -0.2) is 59.6 Å². The topological polar surface area (TPSA) is 76.0 Å². The summed E-state index contributed by atoms with van der Waals surface area (Å²) in [7, 11) is 0. The van der Waals surface area contributed by atoms with Crippen LogP contribution in [0.1, 0.15) is 34.6 Å². The monoisotopic (exact) mass is 514 g/mol. The zero-order chi connectivity index (χ0) is 24.3. The Morgan fingerprint density at radius 2 is 1.77 bits per heavy atom. The maximum atomic E-state index is 13.5. The number of rotatable bonds is 10.